The lowest BCUT2D eigenvalue weighted by Crippen LogP contribution is -2.47. The summed E-state index contributed by atoms with van der Waals surface area (Å²) in [4.78, 5) is 13.0. The fourth-order valence-electron chi connectivity index (χ4n) is 3.99. The van der Waals surface area contributed by atoms with Crippen LogP contribution in [0.3, 0.4) is 0 Å². The zero-order chi connectivity index (χ0) is 16.9. The number of nitriles is 1. The standard InChI is InChI=1S/C18H24N4O2/c19-12-14-11-17(22(23)24)8-9-18(14)20-15-5-4-10-21(13-15)16-6-2-1-3-7-16/h8-9,11,15-16,20H,1-7,10,13H2. The number of nitrogens with one attached hydrogen (secondary N) is 1. The zero-order valence-corrected chi connectivity index (χ0v) is 13.9. The van der Waals surface area contributed by atoms with E-state index >= 15 is 0 Å². The van der Waals surface area contributed by atoms with Crippen LogP contribution in [0.15, 0.2) is 18.2 Å². The number of hydrogen-bond acceptors (Lipinski definition) is 5. The van der Waals surface area contributed by atoms with E-state index < -0.39 is 4.92 Å². The number of nitro benzene ring substituents is 1. The van der Waals surface area contributed by atoms with Gasteiger partial charge in [-0.3, -0.25) is 15.0 Å². The van der Waals surface area contributed by atoms with E-state index in [1.165, 1.54) is 44.2 Å². The molecule has 1 saturated heterocycles. The second kappa shape index (κ2) is 7.63. The average molecular weight is 328 g/mol. The monoisotopic (exact) mass is 328 g/mol. The van der Waals surface area contributed by atoms with Gasteiger partial charge < -0.3 is 5.32 Å². The highest BCUT2D eigenvalue weighted by Gasteiger charge is 2.27. The molecule has 2 aliphatic rings. The third-order valence-corrected chi connectivity index (χ3v) is 5.24. The molecule has 0 spiro atoms. The number of nitrogens with zero attached hydrogens (tertiary/aromatic N) is 3. The lowest BCUT2D eigenvalue weighted by Gasteiger charge is -2.40. The number of benzene rings is 1. The van der Waals surface area contributed by atoms with E-state index in [-0.39, 0.29) is 5.69 Å². The molecule has 0 radical (unpaired) electrons. The van der Waals surface area contributed by atoms with Crippen molar-refractivity contribution < 1.29 is 4.92 Å². The van der Waals surface area contributed by atoms with E-state index in [0.29, 0.717) is 23.3 Å². The van der Waals surface area contributed by atoms with E-state index in [4.69, 9.17) is 0 Å². The second-order valence-electron chi connectivity index (χ2n) is 6.87. The van der Waals surface area contributed by atoms with Gasteiger partial charge in [0.15, 0.2) is 0 Å². The molecule has 1 unspecified atom stereocenters. The van der Waals surface area contributed by atoms with Gasteiger partial charge in [-0.1, -0.05) is 19.3 Å². The van der Waals surface area contributed by atoms with Gasteiger partial charge in [-0.2, -0.15) is 5.26 Å². The number of anilines is 1. The topological polar surface area (TPSA) is 82.2 Å². The van der Waals surface area contributed by atoms with Crippen LogP contribution in [0.1, 0.15) is 50.5 Å². The first-order valence-electron chi connectivity index (χ1n) is 8.86. The lowest BCUT2D eigenvalue weighted by molar-refractivity contribution is -0.384. The Hall–Kier alpha value is -2.13. The van der Waals surface area contributed by atoms with E-state index in [1.54, 1.807) is 6.07 Å². The number of nitro groups is 1. The summed E-state index contributed by atoms with van der Waals surface area (Å²) >= 11 is 0. The molecule has 1 aromatic rings. The van der Waals surface area contributed by atoms with Crippen molar-refractivity contribution in [1.82, 2.24) is 4.90 Å². The van der Waals surface area contributed by atoms with Crippen molar-refractivity contribution in [3.05, 3.63) is 33.9 Å². The van der Waals surface area contributed by atoms with Crippen LogP contribution in [-0.4, -0.2) is 35.0 Å². The highest BCUT2D eigenvalue weighted by molar-refractivity contribution is 5.61. The number of likely N-dealkylation sites (tertiary alicyclic amines) is 1. The largest absolute Gasteiger partial charge is 0.380 e. The molecule has 1 heterocycles. The van der Waals surface area contributed by atoms with E-state index in [1.807, 2.05) is 0 Å². The average Bonchev–Trinajstić information content (AvgIpc) is 2.63. The normalized spacial score (nSPS) is 22.7. The summed E-state index contributed by atoms with van der Waals surface area (Å²) in [5, 5.41) is 23.6. The van der Waals surface area contributed by atoms with Gasteiger partial charge in [0.05, 0.1) is 16.2 Å². The fourth-order valence-corrected chi connectivity index (χ4v) is 3.99. The van der Waals surface area contributed by atoms with Crippen LogP contribution in [-0.2, 0) is 0 Å². The Kier molecular flexibility index (Phi) is 5.31. The minimum absolute atomic E-state index is 0.0374. The minimum Gasteiger partial charge on any atom is -0.380 e. The highest BCUT2D eigenvalue weighted by atomic mass is 16.6. The van der Waals surface area contributed by atoms with Crippen molar-refractivity contribution in [2.75, 3.05) is 18.4 Å². The van der Waals surface area contributed by atoms with Gasteiger partial charge >= 0.3 is 0 Å². The minimum atomic E-state index is -0.462. The Morgan fingerprint density at radius 1 is 1.21 bits per heavy atom. The van der Waals surface area contributed by atoms with Gasteiger partial charge in [0, 0.05) is 30.8 Å². The van der Waals surface area contributed by atoms with Gasteiger partial charge in [-0.25, -0.2) is 0 Å². The van der Waals surface area contributed by atoms with Crippen molar-refractivity contribution in [1.29, 1.82) is 5.26 Å². The van der Waals surface area contributed by atoms with Crippen molar-refractivity contribution in [2.45, 2.75) is 57.0 Å². The summed E-state index contributed by atoms with van der Waals surface area (Å²) < 4.78 is 0. The maximum absolute atomic E-state index is 10.9. The van der Waals surface area contributed by atoms with Gasteiger partial charge in [-0.05, 0) is 38.3 Å². The van der Waals surface area contributed by atoms with Gasteiger partial charge in [0.1, 0.15) is 6.07 Å². The molecule has 6 nitrogen and oxygen atoms in total. The molecule has 0 bridgehead atoms. The number of piperidine rings is 1. The molecular formula is C18H24N4O2. The number of rotatable bonds is 4. The molecule has 6 heteroatoms. The first-order chi connectivity index (χ1) is 11.7. The molecule has 2 fully saturated rings. The summed E-state index contributed by atoms with van der Waals surface area (Å²) in [5.74, 6) is 0. The molecule has 1 aromatic carbocycles. The third-order valence-electron chi connectivity index (χ3n) is 5.24. The predicted octanol–water partition coefficient (Wildman–Crippen LogP) is 3.68. The smallest absolute Gasteiger partial charge is 0.270 e. The molecule has 1 N–H and O–H groups in total. The SMILES string of the molecule is N#Cc1cc([N+](=O)[O-])ccc1NC1CCCN(C2CCCCC2)C1. The maximum Gasteiger partial charge on any atom is 0.270 e. The van der Waals surface area contributed by atoms with E-state index in [0.717, 1.165) is 25.9 Å². The number of hydrogen-bond donors (Lipinski definition) is 1. The predicted molar refractivity (Wildman–Crippen MR) is 92.9 cm³/mol. The molecule has 0 aromatic heterocycles. The summed E-state index contributed by atoms with van der Waals surface area (Å²) in [7, 11) is 0. The Morgan fingerprint density at radius 2 is 2.00 bits per heavy atom. The van der Waals surface area contributed by atoms with Crippen LogP contribution in [0.25, 0.3) is 0 Å². The summed E-state index contributed by atoms with van der Waals surface area (Å²) in [6.45, 7) is 2.15. The van der Waals surface area contributed by atoms with Crippen molar-refractivity contribution in [3.8, 4) is 6.07 Å². The summed E-state index contributed by atoms with van der Waals surface area (Å²) in [5.41, 5.74) is 1.02. The van der Waals surface area contributed by atoms with Gasteiger partial charge in [0.2, 0.25) is 0 Å². The summed E-state index contributed by atoms with van der Waals surface area (Å²) in [6.07, 6.45) is 8.86. The zero-order valence-electron chi connectivity index (χ0n) is 13.9. The fraction of sp³-hybridized carbons (Fsp3) is 0.611. The molecule has 1 atom stereocenters. The first-order valence-corrected chi connectivity index (χ1v) is 8.86. The molecule has 1 aliphatic heterocycles. The van der Waals surface area contributed by atoms with Crippen LogP contribution < -0.4 is 5.32 Å². The molecule has 0 amide bonds. The van der Waals surface area contributed by atoms with Crippen LogP contribution in [0.2, 0.25) is 0 Å². The number of non-ortho nitro benzene ring substituents is 1. The van der Waals surface area contributed by atoms with Crippen molar-refractivity contribution in [2.24, 2.45) is 0 Å². The van der Waals surface area contributed by atoms with Crippen LogP contribution in [0.4, 0.5) is 11.4 Å². The third kappa shape index (κ3) is 3.85. The van der Waals surface area contributed by atoms with Crippen LogP contribution in [0, 0.1) is 21.4 Å². The maximum atomic E-state index is 10.9. The molecule has 3 rings (SSSR count). The van der Waals surface area contributed by atoms with Crippen molar-refractivity contribution in [3.63, 3.8) is 0 Å². The summed E-state index contributed by atoms with van der Waals surface area (Å²) in [6, 6.07) is 7.56. The molecule has 24 heavy (non-hydrogen) atoms. The van der Waals surface area contributed by atoms with E-state index in [2.05, 4.69) is 16.3 Å². The van der Waals surface area contributed by atoms with Gasteiger partial charge in [-0.15, -0.1) is 0 Å². The highest BCUT2D eigenvalue weighted by Crippen LogP contribution is 2.28. The van der Waals surface area contributed by atoms with Crippen LogP contribution >= 0.6 is 0 Å². The Labute approximate surface area is 142 Å². The Bertz CT molecular complexity index is 634. The second-order valence-corrected chi connectivity index (χ2v) is 6.87. The van der Waals surface area contributed by atoms with Crippen molar-refractivity contribution >= 4 is 11.4 Å². The Morgan fingerprint density at radius 3 is 2.71 bits per heavy atom. The molecule has 1 saturated carbocycles. The molecular weight excluding hydrogens is 304 g/mol. The Balaban J connectivity index is 1.67. The molecule has 1 aliphatic carbocycles. The van der Waals surface area contributed by atoms with Crippen LogP contribution in [0.5, 0.6) is 0 Å². The quantitative estimate of drug-likeness (QED) is 0.673. The first kappa shape index (κ1) is 16.7. The lowest BCUT2D eigenvalue weighted by atomic mass is 9.92. The van der Waals surface area contributed by atoms with E-state index in [9.17, 15) is 15.4 Å². The molecule has 128 valence electrons. The van der Waals surface area contributed by atoms with Gasteiger partial charge in [0.25, 0.3) is 5.69 Å².